The number of nitrogens with one attached hydrogen (secondary N) is 3. The number of carbonyl (C=O) groups is 3. The zero-order chi connectivity index (χ0) is 33.8. The van der Waals surface area contributed by atoms with E-state index < -0.39 is 35.0 Å². The second kappa shape index (κ2) is 13.8. The number of amides is 3. The highest BCUT2D eigenvalue weighted by Crippen LogP contribution is 2.31. The molecule has 0 atom stereocenters. The minimum Gasteiger partial charge on any atom is -0.383 e. The van der Waals surface area contributed by atoms with Crippen molar-refractivity contribution >= 4 is 34.9 Å². The van der Waals surface area contributed by atoms with E-state index in [1.807, 2.05) is 0 Å². The number of halogens is 3. The van der Waals surface area contributed by atoms with Crippen LogP contribution in [0.2, 0.25) is 0 Å². The van der Waals surface area contributed by atoms with Gasteiger partial charge < -0.3 is 25.3 Å². The fraction of sp³-hybridized carbons (Fsp3) is 0.281. The lowest BCUT2D eigenvalue weighted by Crippen LogP contribution is -2.27. The molecule has 0 spiro atoms. The van der Waals surface area contributed by atoms with Crippen LogP contribution in [0, 0.1) is 13.8 Å². The molecule has 3 amide bonds. The summed E-state index contributed by atoms with van der Waals surface area (Å²) in [5.41, 5.74) is 1.28. The topological polar surface area (TPSA) is 136 Å². The number of hydrogen-bond donors (Lipinski definition) is 3. The number of anilines is 2. The van der Waals surface area contributed by atoms with E-state index in [-0.39, 0.29) is 41.4 Å². The molecular weight excluding hydrogens is 605 g/mol. The average Bonchev–Trinajstić information content (AvgIpc) is 3.25. The molecule has 0 saturated carbocycles. The molecule has 4 rings (SSSR count). The summed E-state index contributed by atoms with van der Waals surface area (Å²) in [5, 5.41) is 7.98. The number of alkyl halides is 3. The Kier molecular flexibility index (Phi) is 10.1. The molecule has 2 heterocycles. The molecule has 2 aromatic carbocycles. The number of methoxy groups -OCH3 is 1. The van der Waals surface area contributed by atoms with Crippen LogP contribution >= 0.6 is 0 Å². The summed E-state index contributed by atoms with van der Waals surface area (Å²) >= 11 is 0. The summed E-state index contributed by atoms with van der Waals surface area (Å²) in [6.45, 7) is 8.99. The van der Waals surface area contributed by atoms with E-state index in [0.29, 0.717) is 35.7 Å². The van der Waals surface area contributed by atoms with Crippen molar-refractivity contribution in [1.29, 1.82) is 0 Å². The van der Waals surface area contributed by atoms with Crippen molar-refractivity contribution < 1.29 is 32.3 Å². The van der Waals surface area contributed by atoms with Crippen LogP contribution in [0.25, 0.3) is 16.9 Å². The number of carbonyl (C=O) groups excluding carboxylic acids is 3. The maximum absolute atomic E-state index is 14.2. The van der Waals surface area contributed by atoms with Crippen molar-refractivity contribution in [2.24, 2.45) is 0 Å². The summed E-state index contributed by atoms with van der Waals surface area (Å²) < 4.78 is 46.6. The van der Waals surface area contributed by atoms with Gasteiger partial charge in [-0.05, 0) is 62.7 Å². The van der Waals surface area contributed by atoms with Crippen molar-refractivity contribution in [3.8, 4) is 11.1 Å². The zero-order valence-electron chi connectivity index (χ0n) is 25.7. The minimum atomic E-state index is -4.51. The van der Waals surface area contributed by atoms with E-state index >= 15 is 0 Å². The van der Waals surface area contributed by atoms with Gasteiger partial charge in [-0.15, -0.1) is 0 Å². The molecule has 0 aliphatic heterocycles. The molecule has 4 aromatic rings. The van der Waals surface area contributed by atoms with Crippen LogP contribution in [0.15, 0.2) is 59.9 Å². The molecule has 0 aliphatic rings. The molecule has 242 valence electrons. The fourth-order valence-electron chi connectivity index (χ4n) is 4.90. The van der Waals surface area contributed by atoms with Gasteiger partial charge in [0.1, 0.15) is 6.54 Å². The minimum absolute atomic E-state index is 0.176. The number of nitrogens with zero attached hydrogens (tertiary/aromatic N) is 3. The second-order valence-electron chi connectivity index (χ2n) is 10.3. The monoisotopic (exact) mass is 638 g/mol. The Morgan fingerprint density at radius 1 is 1.04 bits per heavy atom. The molecule has 2 aromatic heterocycles. The highest BCUT2D eigenvalue weighted by atomic mass is 19.4. The highest BCUT2D eigenvalue weighted by molar-refractivity contribution is 6.04. The summed E-state index contributed by atoms with van der Waals surface area (Å²) in [7, 11) is 1.51. The SMILES string of the molecule is C=CC(=O)Nc1cc(C(=O)NCCOC)ccc1-c1c(CC)nc2n(CC(=O)Nc3ccc(C(F)(F)F)cc3)c(C)c(C)n2c1=O. The van der Waals surface area contributed by atoms with Gasteiger partial charge in [0.2, 0.25) is 17.6 Å². The van der Waals surface area contributed by atoms with Gasteiger partial charge in [-0.2, -0.15) is 13.2 Å². The number of ether oxygens (including phenoxy) is 1. The van der Waals surface area contributed by atoms with Gasteiger partial charge in [0.15, 0.2) is 0 Å². The number of rotatable bonds is 11. The van der Waals surface area contributed by atoms with Crippen molar-refractivity contribution in [3.63, 3.8) is 0 Å². The predicted molar refractivity (Wildman–Crippen MR) is 167 cm³/mol. The third-order valence-corrected chi connectivity index (χ3v) is 7.36. The molecule has 0 saturated heterocycles. The standard InChI is InChI=1S/C32H33F3N6O5/c1-6-24-28(23-13-8-20(29(44)36-14-15-46-5)16-25(23)38-26(42)7-2)30(45)41-19(4)18(3)40(31(41)39-24)17-27(43)37-22-11-9-21(10-12-22)32(33,34)35/h7-13,16H,2,6,14-15,17H2,1,3-5H3,(H,36,44)(H,37,43)(H,38,42). The lowest BCUT2D eigenvalue weighted by atomic mass is 9.99. The van der Waals surface area contributed by atoms with Crippen molar-refractivity contribution in [2.75, 3.05) is 30.9 Å². The molecule has 3 N–H and O–H groups in total. The summed E-state index contributed by atoms with van der Waals surface area (Å²) in [5.74, 6) is -1.31. The van der Waals surface area contributed by atoms with Crippen LogP contribution < -0.4 is 21.5 Å². The largest absolute Gasteiger partial charge is 0.416 e. The number of fused-ring (bicyclic) bond motifs is 1. The van der Waals surface area contributed by atoms with E-state index in [0.717, 1.165) is 30.3 Å². The van der Waals surface area contributed by atoms with E-state index in [9.17, 15) is 32.3 Å². The number of imidazole rings is 1. The van der Waals surface area contributed by atoms with Crippen LogP contribution in [0.1, 0.15) is 39.9 Å². The van der Waals surface area contributed by atoms with Crippen molar-refractivity contribution in [1.82, 2.24) is 19.3 Å². The number of hydrogen-bond acceptors (Lipinski definition) is 6. The van der Waals surface area contributed by atoms with Gasteiger partial charge in [0, 0.05) is 47.5 Å². The van der Waals surface area contributed by atoms with Crippen LogP contribution in [-0.4, -0.2) is 51.9 Å². The Morgan fingerprint density at radius 2 is 1.74 bits per heavy atom. The van der Waals surface area contributed by atoms with Gasteiger partial charge in [0.05, 0.1) is 23.4 Å². The molecule has 11 nitrogen and oxygen atoms in total. The smallest absolute Gasteiger partial charge is 0.383 e. The maximum Gasteiger partial charge on any atom is 0.416 e. The molecule has 0 aliphatic carbocycles. The summed E-state index contributed by atoms with van der Waals surface area (Å²) in [6.07, 6.45) is -3.14. The first-order chi connectivity index (χ1) is 21.8. The van der Waals surface area contributed by atoms with E-state index in [2.05, 4.69) is 22.5 Å². The van der Waals surface area contributed by atoms with Gasteiger partial charge in [-0.3, -0.25) is 19.2 Å². The normalized spacial score (nSPS) is 11.4. The Hall–Kier alpha value is -5.24. The first-order valence-electron chi connectivity index (χ1n) is 14.2. The lowest BCUT2D eigenvalue weighted by molar-refractivity contribution is -0.137. The van der Waals surface area contributed by atoms with E-state index in [1.54, 1.807) is 31.4 Å². The van der Waals surface area contributed by atoms with Gasteiger partial charge in [-0.25, -0.2) is 9.38 Å². The lowest BCUT2D eigenvalue weighted by Gasteiger charge is -2.15. The fourth-order valence-corrected chi connectivity index (χ4v) is 4.90. The van der Waals surface area contributed by atoms with E-state index in [1.165, 1.54) is 23.6 Å². The zero-order valence-corrected chi connectivity index (χ0v) is 25.7. The van der Waals surface area contributed by atoms with Crippen LogP contribution in [0.5, 0.6) is 0 Å². The number of aryl methyl sites for hydroxylation is 2. The average molecular weight is 639 g/mol. The maximum atomic E-state index is 14.2. The first kappa shape index (κ1) is 33.6. The third-order valence-electron chi connectivity index (χ3n) is 7.36. The van der Waals surface area contributed by atoms with Gasteiger partial charge in [-0.1, -0.05) is 19.6 Å². The molecule has 14 heteroatoms. The van der Waals surface area contributed by atoms with Gasteiger partial charge in [0.25, 0.3) is 11.5 Å². The molecule has 0 fully saturated rings. The Bertz CT molecular complexity index is 1880. The van der Waals surface area contributed by atoms with Gasteiger partial charge >= 0.3 is 6.18 Å². The van der Waals surface area contributed by atoms with E-state index in [4.69, 9.17) is 9.72 Å². The quantitative estimate of drug-likeness (QED) is 0.164. The third kappa shape index (κ3) is 7.01. The first-order valence-corrected chi connectivity index (χ1v) is 14.2. The summed E-state index contributed by atoms with van der Waals surface area (Å²) in [6, 6.07) is 8.62. The van der Waals surface area contributed by atoms with Crippen molar-refractivity contribution in [3.05, 3.63) is 93.7 Å². The predicted octanol–water partition coefficient (Wildman–Crippen LogP) is 4.50. The van der Waals surface area contributed by atoms with Crippen molar-refractivity contribution in [2.45, 2.75) is 39.9 Å². The highest BCUT2D eigenvalue weighted by Gasteiger charge is 2.30. The summed E-state index contributed by atoms with van der Waals surface area (Å²) in [4.78, 5) is 57.0. The molecule has 0 bridgehead atoms. The molecular formula is C32H33F3N6O5. The number of aromatic nitrogens is 3. The van der Waals surface area contributed by atoms with Crippen LogP contribution in [-0.2, 0) is 33.5 Å². The molecule has 0 radical (unpaired) electrons. The Morgan fingerprint density at radius 3 is 2.35 bits per heavy atom. The Balaban J connectivity index is 1.77. The van der Waals surface area contributed by atoms with Crippen LogP contribution in [0.3, 0.4) is 0 Å². The second-order valence-corrected chi connectivity index (χ2v) is 10.3. The Labute approximate surface area is 262 Å². The molecule has 0 unspecified atom stereocenters. The van der Waals surface area contributed by atoms with Crippen LogP contribution in [0.4, 0.5) is 24.5 Å². The number of benzene rings is 2. The molecule has 46 heavy (non-hydrogen) atoms.